The fraction of sp³-hybridized carbons (Fsp3) is 0.423. The third-order valence-electron chi connectivity index (χ3n) is 6.15. The fourth-order valence-electron chi connectivity index (χ4n) is 4.21. The lowest BCUT2D eigenvalue weighted by atomic mass is 9.98. The molecular formula is C26H32N2O5. The molecule has 7 nitrogen and oxygen atoms in total. The van der Waals surface area contributed by atoms with Crippen molar-refractivity contribution in [3.05, 3.63) is 59.7 Å². The van der Waals surface area contributed by atoms with E-state index in [9.17, 15) is 14.4 Å². The van der Waals surface area contributed by atoms with Crippen molar-refractivity contribution < 1.29 is 24.2 Å². The summed E-state index contributed by atoms with van der Waals surface area (Å²) in [5, 5.41) is 14.2. The topological polar surface area (TPSA) is 105 Å². The van der Waals surface area contributed by atoms with Gasteiger partial charge in [0.2, 0.25) is 5.91 Å². The lowest BCUT2D eigenvalue weighted by Crippen LogP contribution is -2.47. The van der Waals surface area contributed by atoms with Crippen LogP contribution in [0.15, 0.2) is 48.5 Å². The smallest absolute Gasteiger partial charge is 0.407 e. The lowest BCUT2D eigenvalue weighted by Gasteiger charge is -2.19. The van der Waals surface area contributed by atoms with Crippen LogP contribution in [-0.2, 0) is 14.3 Å². The van der Waals surface area contributed by atoms with Gasteiger partial charge in [0, 0.05) is 18.9 Å². The Kier molecular flexibility index (Phi) is 8.46. The summed E-state index contributed by atoms with van der Waals surface area (Å²) < 4.78 is 5.53. The number of carboxylic acid groups (broad SMARTS) is 1. The van der Waals surface area contributed by atoms with Gasteiger partial charge in [0.1, 0.15) is 12.6 Å². The second kappa shape index (κ2) is 11.5. The van der Waals surface area contributed by atoms with E-state index in [1.54, 1.807) is 0 Å². The number of carbonyl (C=O) groups is 3. The number of benzene rings is 2. The minimum Gasteiger partial charge on any atom is -0.481 e. The molecule has 0 saturated heterocycles. The van der Waals surface area contributed by atoms with E-state index in [1.807, 2.05) is 38.1 Å². The molecule has 0 aromatic heterocycles. The maximum Gasteiger partial charge on any atom is 0.407 e. The molecule has 3 N–H and O–H groups in total. The Morgan fingerprint density at radius 2 is 1.61 bits per heavy atom. The zero-order chi connectivity index (χ0) is 23.8. The van der Waals surface area contributed by atoms with E-state index >= 15 is 0 Å². The molecule has 0 fully saturated rings. The molecule has 1 unspecified atom stereocenters. The van der Waals surface area contributed by atoms with Crippen LogP contribution in [-0.4, -0.2) is 42.3 Å². The first kappa shape index (κ1) is 24.3. The first-order valence-corrected chi connectivity index (χ1v) is 11.5. The van der Waals surface area contributed by atoms with Crippen molar-refractivity contribution in [3.63, 3.8) is 0 Å². The summed E-state index contributed by atoms with van der Waals surface area (Å²) in [5.41, 5.74) is 4.58. The van der Waals surface area contributed by atoms with Gasteiger partial charge in [0.25, 0.3) is 0 Å². The molecule has 0 aliphatic heterocycles. The summed E-state index contributed by atoms with van der Waals surface area (Å²) in [4.78, 5) is 35.6. The Hall–Kier alpha value is -3.35. The van der Waals surface area contributed by atoms with Crippen LogP contribution in [0.5, 0.6) is 0 Å². The molecule has 0 radical (unpaired) electrons. The quantitative estimate of drug-likeness (QED) is 0.471. The largest absolute Gasteiger partial charge is 0.481 e. The zero-order valence-electron chi connectivity index (χ0n) is 19.2. The molecule has 1 aliphatic carbocycles. The van der Waals surface area contributed by atoms with Gasteiger partial charge in [-0.25, -0.2) is 4.79 Å². The Bertz CT molecular complexity index is 945. The van der Waals surface area contributed by atoms with Gasteiger partial charge in [0.05, 0.1) is 0 Å². The highest BCUT2D eigenvalue weighted by molar-refractivity contribution is 5.85. The molecule has 0 saturated carbocycles. The van der Waals surface area contributed by atoms with E-state index in [2.05, 4.69) is 34.9 Å². The molecule has 176 valence electrons. The number of amides is 2. The van der Waals surface area contributed by atoms with Crippen LogP contribution in [0.2, 0.25) is 0 Å². The molecule has 0 bridgehead atoms. The van der Waals surface area contributed by atoms with Crippen LogP contribution in [0.3, 0.4) is 0 Å². The number of fused-ring (bicyclic) bond motifs is 3. The fourth-order valence-corrected chi connectivity index (χ4v) is 4.21. The SMILES string of the molecule is CC[C@H](NC(=O)OCC1c2ccccc2-c2ccccc21)C(=O)NCCC(C)CCC(=O)O. The van der Waals surface area contributed by atoms with Crippen LogP contribution in [0, 0.1) is 5.92 Å². The van der Waals surface area contributed by atoms with Gasteiger partial charge in [0.15, 0.2) is 0 Å². The molecule has 2 aromatic carbocycles. The second-order valence-electron chi connectivity index (χ2n) is 8.55. The highest BCUT2D eigenvalue weighted by atomic mass is 16.5. The van der Waals surface area contributed by atoms with E-state index in [1.165, 1.54) is 0 Å². The van der Waals surface area contributed by atoms with Crippen molar-refractivity contribution in [2.24, 2.45) is 5.92 Å². The van der Waals surface area contributed by atoms with Crippen LogP contribution in [0.4, 0.5) is 4.79 Å². The van der Waals surface area contributed by atoms with Crippen molar-refractivity contribution in [2.45, 2.75) is 51.5 Å². The van der Waals surface area contributed by atoms with Crippen LogP contribution >= 0.6 is 0 Å². The number of rotatable bonds is 11. The van der Waals surface area contributed by atoms with Gasteiger partial charge in [-0.15, -0.1) is 0 Å². The maximum atomic E-state index is 12.5. The van der Waals surface area contributed by atoms with Gasteiger partial charge in [-0.05, 0) is 47.4 Å². The summed E-state index contributed by atoms with van der Waals surface area (Å²) >= 11 is 0. The number of alkyl carbamates (subject to hydrolysis) is 1. The lowest BCUT2D eigenvalue weighted by molar-refractivity contribution is -0.137. The molecule has 0 heterocycles. The number of hydrogen-bond acceptors (Lipinski definition) is 4. The van der Waals surface area contributed by atoms with E-state index in [0.717, 1.165) is 22.3 Å². The van der Waals surface area contributed by atoms with Crippen molar-refractivity contribution in [3.8, 4) is 11.1 Å². The van der Waals surface area contributed by atoms with Gasteiger partial charge >= 0.3 is 12.1 Å². The Balaban J connectivity index is 1.48. The minimum absolute atomic E-state index is 0.0376. The molecule has 2 atom stereocenters. The summed E-state index contributed by atoms with van der Waals surface area (Å²) in [5.74, 6) is -0.929. The van der Waals surface area contributed by atoms with Crippen molar-refractivity contribution >= 4 is 18.0 Å². The third-order valence-corrected chi connectivity index (χ3v) is 6.15. The number of carbonyl (C=O) groups excluding carboxylic acids is 2. The molecule has 33 heavy (non-hydrogen) atoms. The standard InChI is InChI=1S/C26H32N2O5/c1-3-23(25(31)27-15-14-17(2)12-13-24(29)30)28-26(32)33-16-22-20-10-6-4-8-18(20)19-9-5-7-11-21(19)22/h4-11,17,22-23H,3,12-16H2,1-2H3,(H,27,31)(H,28,32)(H,29,30)/t17?,23-/m0/s1. The number of nitrogens with one attached hydrogen (secondary N) is 2. The first-order valence-electron chi connectivity index (χ1n) is 11.5. The zero-order valence-corrected chi connectivity index (χ0v) is 19.2. The number of hydrogen-bond donors (Lipinski definition) is 3. The first-order chi connectivity index (χ1) is 15.9. The Morgan fingerprint density at radius 3 is 2.18 bits per heavy atom. The number of ether oxygens (including phenoxy) is 1. The number of aliphatic carboxylic acids is 1. The molecular weight excluding hydrogens is 420 g/mol. The second-order valence-corrected chi connectivity index (χ2v) is 8.55. The van der Waals surface area contributed by atoms with Crippen molar-refractivity contribution in [1.29, 1.82) is 0 Å². The summed E-state index contributed by atoms with van der Waals surface area (Å²) in [6.07, 6.45) is 1.19. The molecule has 3 rings (SSSR count). The maximum absolute atomic E-state index is 12.5. The van der Waals surface area contributed by atoms with Crippen molar-refractivity contribution in [2.75, 3.05) is 13.2 Å². The molecule has 1 aliphatic rings. The minimum atomic E-state index is -0.816. The summed E-state index contributed by atoms with van der Waals surface area (Å²) in [6.45, 7) is 4.41. The molecule has 2 amide bonds. The summed E-state index contributed by atoms with van der Waals surface area (Å²) in [6, 6.07) is 15.6. The normalized spacial score (nSPS) is 14.0. The Labute approximate surface area is 194 Å². The number of carboxylic acids is 1. The van der Waals surface area contributed by atoms with E-state index in [0.29, 0.717) is 25.8 Å². The van der Waals surface area contributed by atoms with Gasteiger partial charge in [-0.1, -0.05) is 62.4 Å². The molecule has 7 heteroatoms. The highest BCUT2D eigenvalue weighted by Crippen LogP contribution is 2.44. The monoisotopic (exact) mass is 452 g/mol. The predicted octanol–water partition coefficient (Wildman–Crippen LogP) is 4.31. The van der Waals surface area contributed by atoms with Gasteiger partial charge in [-0.3, -0.25) is 9.59 Å². The average Bonchev–Trinajstić information content (AvgIpc) is 3.13. The average molecular weight is 453 g/mol. The molecule has 2 aromatic rings. The van der Waals surface area contributed by atoms with E-state index in [-0.39, 0.29) is 30.8 Å². The van der Waals surface area contributed by atoms with E-state index in [4.69, 9.17) is 9.84 Å². The Morgan fingerprint density at radius 1 is 1.00 bits per heavy atom. The highest BCUT2D eigenvalue weighted by Gasteiger charge is 2.29. The van der Waals surface area contributed by atoms with Gasteiger partial charge in [-0.2, -0.15) is 0 Å². The molecule has 0 spiro atoms. The third kappa shape index (κ3) is 6.34. The summed E-state index contributed by atoms with van der Waals surface area (Å²) in [7, 11) is 0. The van der Waals surface area contributed by atoms with E-state index < -0.39 is 18.1 Å². The van der Waals surface area contributed by atoms with Crippen LogP contribution in [0.25, 0.3) is 11.1 Å². The van der Waals surface area contributed by atoms with Crippen LogP contribution in [0.1, 0.15) is 56.6 Å². The van der Waals surface area contributed by atoms with Gasteiger partial charge < -0.3 is 20.5 Å². The van der Waals surface area contributed by atoms with Crippen LogP contribution < -0.4 is 10.6 Å². The predicted molar refractivity (Wildman–Crippen MR) is 126 cm³/mol. The van der Waals surface area contributed by atoms with Crippen molar-refractivity contribution in [1.82, 2.24) is 10.6 Å².